The molecule has 0 fully saturated rings. The van der Waals surface area contributed by atoms with Gasteiger partial charge >= 0.3 is 0 Å². The average molecular weight is 442 g/mol. The molecule has 3 aromatic carbocycles. The van der Waals surface area contributed by atoms with Crippen LogP contribution in [-0.4, -0.2) is 23.1 Å². The summed E-state index contributed by atoms with van der Waals surface area (Å²) >= 11 is 1.93. The van der Waals surface area contributed by atoms with E-state index < -0.39 is 0 Å². The normalized spacial score (nSPS) is 17.1. The Morgan fingerprint density at radius 1 is 0.938 bits per heavy atom. The third kappa shape index (κ3) is 3.71. The maximum absolute atomic E-state index is 5.62. The summed E-state index contributed by atoms with van der Waals surface area (Å²) in [4.78, 5) is 3.78. The molecule has 32 heavy (non-hydrogen) atoms. The molecular weight excluding hydrogens is 418 g/mol. The van der Waals surface area contributed by atoms with Gasteiger partial charge in [-0.25, -0.2) is 4.68 Å². The van der Waals surface area contributed by atoms with Crippen LogP contribution in [0.1, 0.15) is 22.8 Å². The average Bonchev–Trinajstić information content (AvgIpc) is 3.47. The number of nitrogens with zero attached hydrogens (tertiary/aromatic N) is 3. The van der Waals surface area contributed by atoms with Gasteiger partial charge in [-0.05, 0) is 48.4 Å². The molecule has 2 aliphatic rings. The Labute approximate surface area is 191 Å². The molecule has 0 amide bonds. The summed E-state index contributed by atoms with van der Waals surface area (Å²) in [6.45, 7) is 2.11. The Balaban J connectivity index is 1.26. The van der Waals surface area contributed by atoms with E-state index in [-0.39, 0.29) is 0 Å². The summed E-state index contributed by atoms with van der Waals surface area (Å²) < 4.78 is 13.1. The molecule has 4 aromatic rings. The number of hydrogen-bond acceptors (Lipinski definition) is 5. The van der Waals surface area contributed by atoms with Crippen molar-refractivity contribution in [2.75, 3.05) is 18.2 Å². The van der Waals surface area contributed by atoms with Crippen LogP contribution in [0.5, 0.6) is 11.5 Å². The molecule has 160 valence electrons. The standard InChI is InChI=1S/C26H23N3O2S/c1-2-6-21(7-3-1)29-17-19(15-27-29)16-28-13-12-25(32-26-9-5-4-8-22(26)28)20-10-11-23-24(14-20)31-18-30-23/h1-11,14-15,17,25H,12-13,16,18H2/t25-/m1/s1. The van der Waals surface area contributed by atoms with Gasteiger partial charge in [0.25, 0.3) is 0 Å². The SMILES string of the molecule is c1ccc(-n2cc(CN3CC[C@H](c4ccc5c(c4)OCO5)Sc4ccccc43)cn2)cc1. The Morgan fingerprint density at radius 2 is 1.78 bits per heavy atom. The quantitative estimate of drug-likeness (QED) is 0.398. The molecule has 3 heterocycles. The van der Waals surface area contributed by atoms with Gasteiger partial charge in [0.2, 0.25) is 6.79 Å². The first-order valence-corrected chi connectivity index (χ1v) is 11.7. The molecule has 0 radical (unpaired) electrons. The Hall–Kier alpha value is -3.38. The molecule has 2 aliphatic heterocycles. The Kier molecular flexibility index (Phi) is 5.00. The maximum atomic E-state index is 5.62. The van der Waals surface area contributed by atoms with E-state index in [1.807, 2.05) is 46.9 Å². The van der Waals surface area contributed by atoms with Crippen LogP contribution in [-0.2, 0) is 6.54 Å². The van der Waals surface area contributed by atoms with Crippen LogP contribution in [0.3, 0.4) is 0 Å². The van der Waals surface area contributed by atoms with Gasteiger partial charge in [0.05, 0.1) is 17.6 Å². The highest BCUT2D eigenvalue weighted by Crippen LogP contribution is 2.47. The van der Waals surface area contributed by atoms with Crippen molar-refractivity contribution in [2.24, 2.45) is 0 Å². The molecule has 0 bridgehead atoms. The van der Waals surface area contributed by atoms with Crippen molar-refractivity contribution in [3.63, 3.8) is 0 Å². The molecule has 0 aliphatic carbocycles. The van der Waals surface area contributed by atoms with Crippen LogP contribution in [0.25, 0.3) is 5.69 Å². The molecule has 6 heteroatoms. The fourth-order valence-corrected chi connectivity index (χ4v) is 5.61. The van der Waals surface area contributed by atoms with Crippen LogP contribution in [0.2, 0.25) is 0 Å². The van der Waals surface area contributed by atoms with Crippen molar-refractivity contribution in [1.29, 1.82) is 0 Å². The molecule has 0 unspecified atom stereocenters. The second kappa shape index (κ2) is 8.28. The molecule has 1 aromatic heterocycles. The van der Waals surface area contributed by atoms with Gasteiger partial charge in [-0.15, -0.1) is 11.8 Å². The van der Waals surface area contributed by atoms with Crippen molar-refractivity contribution in [2.45, 2.75) is 23.1 Å². The molecule has 0 saturated carbocycles. The van der Waals surface area contributed by atoms with Gasteiger partial charge in [0, 0.05) is 35.0 Å². The molecule has 6 rings (SSSR count). The molecule has 1 atom stereocenters. The zero-order valence-corrected chi connectivity index (χ0v) is 18.4. The molecule has 0 spiro atoms. The number of anilines is 1. The number of fused-ring (bicyclic) bond motifs is 2. The first-order chi connectivity index (χ1) is 15.8. The van der Waals surface area contributed by atoms with Crippen molar-refractivity contribution < 1.29 is 9.47 Å². The van der Waals surface area contributed by atoms with E-state index in [9.17, 15) is 0 Å². The number of ether oxygens (including phenoxy) is 2. The lowest BCUT2D eigenvalue weighted by molar-refractivity contribution is 0.174. The maximum Gasteiger partial charge on any atom is 0.231 e. The van der Waals surface area contributed by atoms with Gasteiger partial charge < -0.3 is 14.4 Å². The summed E-state index contributed by atoms with van der Waals surface area (Å²) in [5.41, 5.74) is 4.85. The van der Waals surface area contributed by atoms with E-state index in [2.05, 4.69) is 64.7 Å². The van der Waals surface area contributed by atoms with Crippen LogP contribution in [0.4, 0.5) is 5.69 Å². The third-order valence-corrected chi connectivity index (χ3v) is 7.33. The van der Waals surface area contributed by atoms with E-state index >= 15 is 0 Å². The topological polar surface area (TPSA) is 39.5 Å². The van der Waals surface area contributed by atoms with Crippen LogP contribution in [0.15, 0.2) is 90.1 Å². The lowest BCUT2D eigenvalue weighted by Gasteiger charge is -2.24. The Bertz CT molecular complexity index is 1240. The first kappa shape index (κ1) is 19.3. The predicted molar refractivity (Wildman–Crippen MR) is 127 cm³/mol. The smallest absolute Gasteiger partial charge is 0.231 e. The van der Waals surface area contributed by atoms with E-state index in [0.717, 1.165) is 36.7 Å². The second-order valence-corrected chi connectivity index (χ2v) is 9.27. The van der Waals surface area contributed by atoms with Crippen LogP contribution < -0.4 is 14.4 Å². The third-order valence-electron chi connectivity index (χ3n) is 5.94. The first-order valence-electron chi connectivity index (χ1n) is 10.8. The summed E-state index contributed by atoms with van der Waals surface area (Å²) in [5, 5.41) is 4.95. The van der Waals surface area contributed by atoms with E-state index in [0.29, 0.717) is 12.0 Å². The zero-order valence-electron chi connectivity index (χ0n) is 17.6. The number of benzene rings is 3. The summed E-state index contributed by atoms with van der Waals surface area (Å²) in [6, 6.07) is 25.3. The highest BCUT2D eigenvalue weighted by Gasteiger charge is 2.25. The van der Waals surface area contributed by atoms with E-state index in [4.69, 9.17) is 9.47 Å². The Morgan fingerprint density at radius 3 is 2.72 bits per heavy atom. The largest absolute Gasteiger partial charge is 0.454 e. The van der Waals surface area contributed by atoms with Crippen molar-refractivity contribution >= 4 is 17.4 Å². The highest BCUT2D eigenvalue weighted by molar-refractivity contribution is 7.99. The number of aromatic nitrogens is 2. The number of para-hydroxylation sites is 2. The van der Waals surface area contributed by atoms with Crippen molar-refractivity contribution in [3.8, 4) is 17.2 Å². The van der Waals surface area contributed by atoms with E-state index in [1.165, 1.54) is 21.7 Å². The number of thioether (sulfide) groups is 1. The highest BCUT2D eigenvalue weighted by atomic mass is 32.2. The number of hydrogen-bond donors (Lipinski definition) is 0. The minimum atomic E-state index is 0.309. The molecular formula is C26H23N3O2S. The van der Waals surface area contributed by atoms with Gasteiger partial charge in [-0.2, -0.15) is 5.10 Å². The van der Waals surface area contributed by atoms with Gasteiger partial charge in [0.1, 0.15) is 0 Å². The zero-order chi connectivity index (χ0) is 21.3. The minimum Gasteiger partial charge on any atom is -0.454 e. The monoisotopic (exact) mass is 441 g/mol. The van der Waals surface area contributed by atoms with Gasteiger partial charge in [0.15, 0.2) is 11.5 Å². The molecule has 0 saturated heterocycles. The summed E-state index contributed by atoms with van der Waals surface area (Å²) in [7, 11) is 0. The fourth-order valence-electron chi connectivity index (χ4n) is 4.32. The number of rotatable bonds is 4. The van der Waals surface area contributed by atoms with Crippen LogP contribution in [0, 0.1) is 0 Å². The lowest BCUT2D eigenvalue weighted by atomic mass is 10.1. The lowest BCUT2D eigenvalue weighted by Crippen LogP contribution is -2.23. The van der Waals surface area contributed by atoms with Crippen LogP contribution >= 0.6 is 11.8 Å². The van der Waals surface area contributed by atoms with Crippen molar-refractivity contribution in [1.82, 2.24) is 9.78 Å². The predicted octanol–water partition coefficient (Wildman–Crippen LogP) is 5.84. The summed E-state index contributed by atoms with van der Waals surface area (Å²) in [5.74, 6) is 1.69. The van der Waals surface area contributed by atoms with Gasteiger partial charge in [-0.1, -0.05) is 36.4 Å². The van der Waals surface area contributed by atoms with E-state index in [1.54, 1.807) is 0 Å². The van der Waals surface area contributed by atoms with Crippen molar-refractivity contribution in [3.05, 3.63) is 96.3 Å². The molecule has 5 nitrogen and oxygen atoms in total. The minimum absolute atomic E-state index is 0.309. The summed E-state index contributed by atoms with van der Waals surface area (Å²) in [6.07, 6.45) is 5.15. The second-order valence-electron chi connectivity index (χ2n) is 8.03. The fraction of sp³-hybridized carbons (Fsp3) is 0.192. The van der Waals surface area contributed by atoms with Gasteiger partial charge in [-0.3, -0.25) is 0 Å². The molecule has 0 N–H and O–H groups in total.